The largest absolute Gasteiger partial charge is 0.497 e. The van der Waals surface area contributed by atoms with E-state index in [1.165, 1.54) is 11.1 Å². The van der Waals surface area contributed by atoms with E-state index in [0.29, 0.717) is 5.75 Å². The molecule has 0 bridgehead atoms. The third-order valence-corrected chi connectivity index (χ3v) is 6.08. The highest BCUT2D eigenvalue weighted by Crippen LogP contribution is 2.39. The fraction of sp³-hybridized carbons (Fsp3) is 0.409. The smallest absolute Gasteiger partial charge is 0.233 e. The lowest BCUT2D eigenvalue weighted by Gasteiger charge is -2.26. The standard InChI is InChI=1S/C22H27NO3S/c1-16-7-4-5-8-17(16)14-27-15-22(24)23-12-6-9-20(23)19-11-10-18(25-2)13-21(19)26-3/h4-5,7-8,10-11,13,20H,6,9,12,14-15H2,1-3H3. The van der Waals surface area contributed by atoms with Crippen LogP contribution in [0.2, 0.25) is 0 Å². The molecule has 1 amide bonds. The number of thioether (sulfide) groups is 1. The van der Waals surface area contributed by atoms with E-state index < -0.39 is 0 Å². The predicted molar refractivity (Wildman–Crippen MR) is 111 cm³/mol. The molecule has 3 rings (SSSR count). The third kappa shape index (κ3) is 4.59. The average molecular weight is 386 g/mol. The van der Waals surface area contributed by atoms with Crippen LogP contribution in [0.15, 0.2) is 42.5 Å². The van der Waals surface area contributed by atoms with Gasteiger partial charge in [0.05, 0.1) is 26.0 Å². The minimum atomic E-state index is 0.0809. The highest BCUT2D eigenvalue weighted by Gasteiger charge is 2.31. The summed E-state index contributed by atoms with van der Waals surface area (Å²) in [6.07, 6.45) is 1.99. The van der Waals surface area contributed by atoms with Gasteiger partial charge in [0.2, 0.25) is 5.91 Å². The van der Waals surface area contributed by atoms with Crippen molar-refractivity contribution in [3.05, 3.63) is 59.2 Å². The van der Waals surface area contributed by atoms with Crippen LogP contribution >= 0.6 is 11.8 Å². The molecule has 2 aromatic rings. The Balaban J connectivity index is 1.65. The summed E-state index contributed by atoms with van der Waals surface area (Å²) in [5.41, 5.74) is 3.64. The van der Waals surface area contributed by atoms with Gasteiger partial charge in [-0.15, -0.1) is 11.8 Å². The molecule has 1 fully saturated rings. The lowest BCUT2D eigenvalue weighted by molar-refractivity contribution is -0.129. The highest BCUT2D eigenvalue weighted by molar-refractivity contribution is 7.99. The van der Waals surface area contributed by atoms with Crippen molar-refractivity contribution in [3.8, 4) is 11.5 Å². The number of likely N-dealkylation sites (tertiary alicyclic amines) is 1. The van der Waals surface area contributed by atoms with Crippen LogP contribution in [0.1, 0.15) is 35.6 Å². The summed E-state index contributed by atoms with van der Waals surface area (Å²) in [7, 11) is 3.31. The predicted octanol–water partition coefficient (Wildman–Crippen LogP) is 4.61. The van der Waals surface area contributed by atoms with Crippen molar-refractivity contribution >= 4 is 17.7 Å². The van der Waals surface area contributed by atoms with Crippen LogP contribution in [0, 0.1) is 6.92 Å². The second-order valence-corrected chi connectivity index (χ2v) is 7.76. The van der Waals surface area contributed by atoms with Crippen LogP contribution in [0.4, 0.5) is 0 Å². The van der Waals surface area contributed by atoms with Gasteiger partial charge in [0.15, 0.2) is 0 Å². The summed E-state index contributed by atoms with van der Waals surface area (Å²) in [5.74, 6) is 3.12. The maximum atomic E-state index is 12.9. The molecule has 0 spiro atoms. The number of aryl methyl sites for hydroxylation is 1. The molecule has 1 heterocycles. The van der Waals surface area contributed by atoms with E-state index in [0.717, 1.165) is 42.2 Å². The fourth-order valence-electron chi connectivity index (χ4n) is 3.59. The Morgan fingerprint density at radius 3 is 2.74 bits per heavy atom. The first-order valence-electron chi connectivity index (χ1n) is 9.27. The zero-order valence-electron chi connectivity index (χ0n) is 16.2. The highest BCUT2D eigenvalue weighted by atomic mass is 32.2. The van der Waals surface area contributed by atoms with E-state index in [4.69, 9.17) is 9.47 Å². The number of carbonyl (C=O) groups excluding carboxylic acids is 1. The molecule has 144 valence electrons. The molecular formula is C22H27NO3S. The molecule has 1 aliphatic rings. The number of hydrogen-bond acceptors (Lipinski definition) is 4. The number of methoxy groups -OCH3 is 2. The van der Waals surface area contributed by atoms with Gasteiger partial charge in [0, 0.05) is 23.9 Å². The lowest BCUT2D eigenvalue weighted by atomic mass is 10.0. The maximum Gasteiger partial charge on any atom is 0.233 e. The summed E-state index contributed by atoms with van der Waals surface area (Å²) in [6, 6.07) is 14.3. The Labute approximate surface area is 165 Å². The number of nitrogens with zero attached hydrogens (tertiary/aromatic N) is 1. The van der Waals surface area contributed by atoms with Crippen molar-refractivity contribution in [3.63, 3.8) is 0 Å². The van der Waals surface area contributed by atoms with Crippen LogP contribution in [-0.2, 0) is 10.5 Å². The van der Waals surface area contributed by atoms with Crippen molar-refractivity contribution in [2.75, 3.05) is 26.5 Å². The van der Waals surface area contributed by atoms with Gasteiger partial charge in [-0.05, 0) is 43.0 Å². The molecule has 0 N–H and O–H groups in total. The molecule has 5 heteroatoms. The lowest BCUT2D eigenvalue weighted by Crippen LogP contribution is -2.32. The van der Waals surface area contributed by atoms with Gasteiger partial charge in [0.25, 0.3) is 0 Å². The van der Waals surface area contributed by atoms with Gasteiger partial charge < -0.3 is 14.4 Å². The van der Waals surface area contributed by atoms with Gasteiger partial charge in [-0.3, -0.25) is 4.79 Å². The summed E-state index contributed by atoms with van der Waals surface area (Å²) in [4.78, 5) is 14.9. The Hall–Kier alpha value is -2.14. The van der Waals surface area contributed by atoms with Crippen molar-refractivity contribution in [1.29, 1.82) is 0 Å². The molecule has 0 aromatic heterocycles. The van der Waals surface area contributed by atoms with E-state index in [9.17, 15) is 4.79 Å². The van der Waals surface area contributed by atoms with Crippen molar-refractivity contribution < 1.29 is 14.3 Å². The molecule has 27 heavy (non-hydrogen) atoms. The first-order valence-corrected chi connectivity index (χ1v) is 10.4. The number of ether oxygens (including phenoxy) is 2. The Morgan fingerprint density at radius 1 is 1.19 bits per heavy atom. The molecular weight excluding hydrogens is 358 g/mol. The van der Waals surface area contributed by atoms with Crippen molar-refractivity contribution in [2.45, 2.75) is 31.6 Å². The van der Waals surface area contributed by atoms with Gasteiger partial charge >= 0.3 is 0 Å². The zero-order chi connectivity index (χ0) is 19.2. The zero-order valence-corrected chi connectivity index (χ0v) is 17.1. The van der Waals surface area contributed by atoms with E-state index >= 15 is 0 Å². The van der Waals surface area contributed by atoms with Crippen molar-refractivity contribution in [2.24, 2.45) is 0 Å². The first kappa shape index (κ1) is 19.6. The molecule has 1 atom stereocenters. The number of benzene rings is 2. The molecule has 1 saturated heterocycles. The van der Waals surface area contributed by atoms with E-state index in [1.807, 2.05) is 29.2 Å². The SMILES string of the molecule is COc1ccc(C2CCCN2C(=O)CSCc2ccccc2C)c(OC)c1. The summed E-state index contributed by atoms with van der Waals surface area (Å²) in [6.45, 7) is 2.92. The quantitative estimate of drug-likeness (QED) is 0.698. The first-order chi connectivity index (χ1) is 13.1. The number of amides is 1. The van der Waals surface area contributed by atoms with Gasteiger partial charge in [-0.1, -0.05) is 24.3 Å². The van der Waals surface area contributed by atoms with Crippen LogP contribution in [-0.4, -0.2) is 37.3 Å². The van der Waals surface area contributed by atoms with E-state index in [-0.39, 0.29) is 11.9 Å². The summed E-state index contributed by atoms with van der Waals surface area (Å²) < 4.78 is 10.8. The molecule has 4 nitrogen and oxygen atoms in total. The van der Waals surface area contributed by atoms with E-state index in [1.54, 1.807) is 26.0 Å². The molecule has 0 aliphatic carbocycles. The molecule has 0 radical (unpaired) electrons. The van der Waals surface area contributed by atoms with Gasteiger partial charge in [-0.2, -0.15) is 0 Å². The second kappa shape index (κ2) is 9.18. The van der Waals surface area contributed by atoms with Gasteiger partial charge in [0.1, 0.15) is 11.5 Å². The maximum absolute atomic E-state index is 12.9. The van der Waals surface area contributed by atoms with Crippen LogP contribution in [0.5, 0.6) is 11.5 Å². The monoisotopic (exact) mass is 385 g/mol. The Morgan fingerprint density at radius 2 is 2.00 bits per heavy atom. The van der Waals surface area contributed by atoms with Crippen molar-refractivity contribution in [1.82, 2.24) is 4.90 Å². The summed E-state index contributed by atoms with van der Waals surface area (Å²) >= 11 is 1.69. The number of rotatable bonds is 7. The normalized spacial score (nSPS) is 16.4. The van der Waals surface area contributed by atoms with E-state index in [2.05, 4.69) is 25.1 Å². The van der Waals surface area contributed by atoms with Crippen LogP contribution in [0.25, 0.3) is 0 Å². The van der Waals surface area contributed by atoms with Crippen LogP contribution < -0.4 is 9.47 Å². The topological polar surface area (TPSA) is 38.8 Å². The minimum Gasteiger partial charge on any atom is -0.497 e. The Kier molecular flexibility index (Phi) is 6.67. The second-order valence-electron chi connectivity index (χ2n) is 6.77. The third-order valence-electron chi connectivity index (χ3n) is 5.12. The minimum absolute atomic E-state index is 0.0809. The van der Waals surface area contributed by atoms with Crippen LogP contribution in [0.3, 0.4) is 0 Å². The average Bonchev–Trinajstić information content (AvgIpc) is 3.18. The summed E-state index contributed by atoms with van der Waals surface area (Å²) in [5, 5.41) is 0. The molecule has 0 saturated carbocycles. The molecule has 1 unspecified atom stereocenters. The Bertz CT molecular complexity index is 793. The number of hydrogen-bond donors (Lipinski definition) is 0. The molecule has 1 aliphatic heterocycles. The molecule has 2 aromatic carbocycles. The fourth-order valence-corrected chi connectivity index (χ4v) is 4.57. The number of carbonyl (C=O) groups is 1. The van der Waals surface area contributed by atoms with Gasteiger partial charge in [-0.25, -0.2) is 0 Å².